The van der Waals surface area contributed by atoms with Crippen LogP contribution < -0.4 is 5.32 Å². The van der Waals surface area contributed by atoms with Crippen molar-refractivity contribution in [1.82, 2.24) is 5.32 Å². The van der Waals surface area contributed by atoms with Gasteiger partial charge in [-0.05, 0) is 49.2 Å². The van der Waals surface area contributed by atoms with Crippen molar-refractivity contribution in [3.05, 3.63) is 0 Å². The molecule has 2 aliphatic carbocycles. The van der Waals surface area contributed by atoms with E-state index in [1.807, 2.05) is 0 Å². The molecule has 0 heterocycles. The molecule has 2 rings (SSSR count). The molecule has 0 spiro atoms. The fourth-order valence-corrected chi connectivity index (χ4v) is 5.16. The van der Waals surface area contributed by atoms with Crippen molar-refractivity contribution in [2.45, 2.75) is 64.3 Å². The van der Waals surface area contributed by atoms with Crippen molar-refractivity contribution in [1.29, 1.82) is 0 Å². The lowest BCUT2D eigenvalue weighted by molar-refractivity contribution is 0.0971. The molecule has 3 heteroatoms. The van der Waals surface area contributed by atoms with E-state index < -0.39 is 0 Å². The summed E-state index contributed by atoms with van der Waals surface area (Å²) in [6.07, 6.45) is 6.25. The molecule has 2 fully saturated rings. The first-order valence-electron chi connectivity index (χ1n) is 7.25. The second-order valence-corrected chi connectivity index (χ2v) is 8.34. The van der Waals surface area contributed by atoms with E-state index in [1.54, 1.807) is 11.8 Å². The van der Waals surface area contributed by atoms with Gasteiger partial charge in [-0.1, -0.05) is 20.8 Å². The number of nitrogens with one attached hydrogen (secondary N) is 1. The van der Waals surface area contributed by atoms with Gasteiger partial charge in [0.1, 0.15) is 0 Å². The molecule has 2 saturated carbocycles. The fourth-order valence-electron chi connectivity index (χ4n) is 4.52. The number of hydrogen-bond acceptors (Lipinski definition) is 3. The molecular formula is C15H29NOS. The highest BCUT2D eigenvalue weighted by molar-refractivity contribution is 7.99. The Morgan fingerprint density at radius 2 is 2.06 bits per heavy atom. The Hall–Kier alpha value is 0.270. The van der Waals surface area contributed by atoms with Crippen LogP contribution in [0.2, 0.25) is 0 Å². The molecule has 2 aliphatic rings. The van der Waals surface area contributed by atoms with E-state index in [9.17, 15) is 5.11 Å². The lowest BCUT2D eigenvalue weighted by atomic mass is 9.68. The first-order chi connectivity index (χ1) is 8.35. The van der Waals surface area contributed by atoms with Crippen molar-refractivity contribution in [2.24, 2.45) is 16.7 Å². The Labute approximate surface area is 116 Å². The lowest BCUT2D eigenvalue weighted by Gasteiger charge is -2.45. The standard InChI is InChI=1S/C15H29NOS/c1-10(12(9-17)18-5)16-13-14(2,3)11-6-7-15(13,4)8-11/h10-13,16-17H,6-9H2,1-5H3. The Balaban J connectivity index is 2.09. The Kier molecular flexibility index (Phi) is 4.07. The average molecular weight is 271 g/mol. The van der Waals surface area contributed by atoms with Gasteiger partial charge in [-0.15, -0.1) is 0 Å². The number of fused-ring (bicyclic) bond motifs is 2. The predicted octanol–water partition coefficient (Wildman–Crippen LogP) is 2.90. The third kappa shape index (κ3) is 2.23. The minimum atomic E-state index is 0.266. The van der Waals surface area contributed by atoms with E-state index in [4.69, 9.17) is 0 Å². The minimum Gasteiger partial charge on any atom is -0.395 e. The molecule has 5 atom stereocenters. The molecule has 0 radical (unpaired) electrons. The number of rotatable bonds is 5. The van der Waals surface area contributed by atoms with Crippen LogP contribution in [0.4, 0.5) is 0 Å². The van der Waals surface area contributed by atoms with Crippen LogP contribution in [0.5, 0.6) is 0 Å². The lowest BCUT2D eigenvalue weighted by Crippen LogP contribution is -2.55. The van der Waals surface area contributed by atoms with Gasteiger partial charge in [0.25, 0.3) is 0 Å². The largest absolute Gasteiger partial charge is 0.395 e. The summed E-state index contributed by atoms with van der Waals surface area (Å²) >= 11 is 1.77. The van der Waals surface area contributed by atoms with Crippen LogP contribution in [0, 0.1) is 16.7 Å². The summed E-state index contributed by atoms with van der Waals surface area (Å²) in [5.74, 6) is 0.883. The molecule has 0 saturated heterocycles. The number of aliphatic hydroxyl groups is 1. The van der Waals surface area contributed by atoms with Gasteiger partial charge in [-0.2, -0.15) is 11.8 Å². The second-order valence-electron chi connectivity index (χ2n) is 7.26. The molecule has 2 nitrogen and oxygen atoms in total. The van der Waals surface area contributed by atoms with E-state index in [0.717, 1.165) is 5.92 Å². The minimum absolute atomic E-state index is 0.266. The highest BCUT2D eigenvalue weighted by atomic mass is 32.2. The maximum Gasteiger partial charge on any atom is 0.0564 e. The average Bonchev–Trinajstić information content (AvgIpc) is 2.77. The third-order valence-corrected chi connectivity index (χ3v) is 6.90. The van der Waals surface area contributed by atoms with E-state index in [1.165, 1.54) is 19.3 Å². The van der Waals surface area contributed by atoms with E-state index in [0.29, 0.717) is 28.2 Å². The van der Waals surface area contributed by atoms with Gasteiger partial charge in [-0.25, -0.2) is 0 Å². The first kappa shape index (κ1) is 14.7. The van der Waals surface area contributed by atoms with E-state index in [-0.39, 0.29) is 6.61 Å². The van der Waals surface area contributed by atoms with Crippen molar-refractivity contribution in [3.63, 3.8) is 0 Å². The molecule has 0 aromatic heterocycles. The van der Waals surface area contributed by atoms with Crippen LogP contribution in [0.25, 0.3) is 0 Å². The van der Waals surface area contributed by atoms with Crippen LogP contribution in [-0.4, -0.2) is 35.3 Å². The fraction of sp³-hybridized carbons (Fsp3) is 1.00. The van der Waals surface area contributed by atoms with Crippen LogP contribution in [0.3, 0.4) is 0 Å². The van der Waals surface area contributed by atoms with Crippen LogP contribution >= 0.6 is 11.8 Å². The van der Waals surface area contributed by atoms with Gasteiger partial charge >= 0.3 is 0 Å². The summed E-state index contributed by atoms with van der Waals surface area (Å²) in [4.78, 5) is 0. The molecule has 5 unspecified atom stereocenters. The topological polar surface area (TPSA) is 32.3 Å². The zero-order chi connectivity index (χ0) is 13.6. The van der Waals surface area contributed by atoms with Crippen LogP contribution in [0.15, 0.2) is 0 Å². The molecular weight excluding hydrogens is 242 g/mol. The predicted molar refractivity (Wildman–Crippen MR) is 80.0 cm³/mol. The maximum absolute atomic E-state index is 9.44. The Morgan fingerprint density at radius 1 is 1.39 bits per heavy atom. The summed E-state index contributed by atoms with van der Waals surface area (Å²) in [7, 11) is 0. The Bertz CT molecular complexity index is 298. The second kappa shape index (κ2) is 4.99. The smallest absolute Gasteiger partial charge is 0.0564 e. The SMILES string of the molecule is CSC(CO)C(C)NC1C2(C)CCC(C2)C1(C)C. The monoisotopic (exact) mass is 271 g/mol. The van der Waals surface area contributed by atoms with Gasteiger partial charge in [0.15, 0.2) is 0 Å². The zero-order valence-electron chi connectivity index (χ0n) is 12.5. The van der Waals surface area contributed by atoms with Crippen molar-refractivity contribution in [2.75, 3.05) is 12.9 Å². The summed E-state index contributed by atoms with van der Waals surface area (Å²) < 4.78 is 0. The van der Waals surface area contributed by atoms with Gasteiger partial charge in [0, 0.05) is 17.3 Å². The molecule has 0 amide bonds. The highest BCUT2D eigenvalue weighted by Crippen LogP contribution is 2.62. The summed E-state index contributed by atoms with van der Waals surface area (Å²) in [6, 6.07) is 0.977. The molecule has 0 aliphatic heterocycles. The van der Waals surface area contributed by atoms with Crippen molar-refractivity contribution >= 4 is 11.8 Å². The van der Waals surface area contributed by atoms with Gasteiger partial charge < -0.3 is 10.4 Å². The number of hydrogen-bond donors (Lipinski definition) is 2. The summed E-state index contributed by atoms with van der Waals surface area (Å²) in [5, 5.41) is 13.6. The quantitative estimate of drug-likeness (QED) is 0.806. The third-order valence-electron chi connectivity index (χ3n) is 5.74. The van der Waals surface area contributed by atoms with Crippen LogP contribution in [-0.2, 0) is 0 Å². The zero-order valence-corrected chi connectivity index (χ0v) is 13.3. The Morgan fingerprint density at radius 3 is 2.50 bits per heavy atom. The first-order valence-corrected chi connectivity index (χ1v) is 8.53. The highest BCUT2D eigenvalue weighted by Gasteiger charge is 2.59. The molecule has 2 bridgehead atoms. The molecule has 2 N–H and O–H groups in total. The van der Waals surface area contributed by atoms with Gasteiger partial charge in [0.2, 0.25) is 0 Å². The van der Waals surface area contributed by atoms with Crippen molar-refractivity contribution < 1.29 is 5.11 Å². The molecule has 0 aromatic carbocycles. The normalized spacial score (nSPS) is 41.0. The molecule has 0 aromatic rings. The molecule has 18 heavy (non-hydrogen) atoms. The van der Waals surface area contributed by atoms with Gasteiger partial charge in [0.05, 0.1) is 6.61 Å². The van der Waals surface area contributed by atoms with Crippen LogP contribution in [0.1, 0.15) is 47.0 Å². The number of thioether (sulfide) groups is 1. The van der Waals surface area contributed by atoms with E-state index in [2.05, 4.69) is 39.3 Å². The summed E-state index contributed by atoms with van der Waals surface area (Å²) in [5.41, 5.74) is 0.876. The van der Waals surface area contributed by atoms with Crippen molar-refractivity contribution in [3.8, 4) is 0 Å². The van der Waals surface area contributed by atoms with Gasteiger partial charge in [-0.3, -0.25) is 0 Å². The number of aliphatic hydroxyl groups excluding tert-OH is 1. The summed E-state index contributed by atoms with van der Waals surface area (Å²) in [6.45, 7) is 9.81. The van der Waals surface area contributed by atoms with E-state index >= 15 is 0 Å². The molecule has 106 valence electrons. The maximum atomic E-state index is 9.44.